The number of nitrogens with zero attached hydrogens (tertiary/aromatic N) is 2. The van der Waals surface area contributed by atoms with E-state index >= 15 is 0 Å². The van der Waals surface area contributed by atoms with Gasteiger partial charge in [0, 0.05) is 23.2 Å². The standard InChI is InChI=1S/C28H29N3O2S/c1-3-16-31-26(33)24-25(21-12-6-5-11-20(21)17-28(24)14-8-9-15-28)30-27(31)34-18-23(32)29-22-13-7-4-10-19(22)2/h3-7,10-13H,1,8-9,14-18H2,2H3,(H,29,32). The van der Waals surface area contributed by atoms with E-state index in [2.05, 4.69) is 30.1 Å². The molecule has 0 saturated heterocycles. The Morgan fingerprint density at radius 2 is 1.91 bits per heavy atom. The molecular formula is C28H29N3O2S. The van der Waals surface area contributed by atoms with Crippen LogP contribution in [0.4, 0.5) is 5.69 Å². The maximum Gasteiger partial charge on any atom is 0.258 e. The summed E-state index contributed by atoms with van der Waals surface area (Å²) in [5.74, 6) is 0.0489. The number of amides is 1. The van der Waals surface area contributed by atoms with Crippen molar-refractivity contribution in [3.05, 3.63) is 88.2 Å². The molecule has 34 heavy (non-hydrogen) atoms. The number of rotatable bonds is 6. The SMILES string of the molecule is C=CCn1c(SCC(=O)Nc2ccccc2C)nc2c(c1=O)C1(CCCC1)Cc1ccccc1-2. The van der Waals surface area contributed by atoms with Gasteiger partial charge in [-0.25, -0.2) is 4.98 Å². The van der Waals surface area contributed by atoms with Crippen molar-refractivity contribution >= 4 is 23.4 Å². The molecule has 5 nitrogen and oxygen atoms in total. The lowest BCUT2D eigenvalue weighted by Gasteiger charge is -2.36. The number of nitrogens with one attached hydrogen (secondary N) is 1. The number of hydrogen-bond donors (Lipinski definition) is 1. The van der Waals surface area contributed by atoms with Gasteiger partial charge in [0.1, 0.15) is 0 Å². The Balaban J connectivity index is 1.53. The van der Waals surface area contributed by atoms with Crippen molar-refractivity contribution in [3.8, 4) is 11.3 Å². The van der Waals surface area contributed by atoms with Crippen molar-refractivity contribution in [2.45, 2.75) is 56.1 Å². The predicted molar refractivity (Wildman–Crippen MR) is 139 cm³/mol. The van der Waals surface area contributed by atoms with E-state index in [4.69, 9.17) is 4.98 Å². The summed E-state index contributed by atoms with van der Waals surface area (Å²) in [4.78, 5) is 31.7. The maximum absolute atomic E-state index is 13.9. The number of thioether (sulfide) groups is 1. The predicted octanol–water partition coefficient (Wildman–Crippen LogP) is 5.50. The zero-order valence-corrected chi connectivity index (χ0v) is 20.3. The fourth-order valence-corrected chi connectivity index (χ4v) is 6.28. The Bertz CT molecular complexity index is 1320. The zero-order valence-electron chi connectivity index (χ0n) is 19.5. The van der Waals surface area contributed by atoms with Crippen molar-refractivity contribution in [1.29, 1.82) is 0 Å². The van der Waals surface area contributed by atoms with Gasteiger partial charge in [-0.15, -0.1) is 6.58 Å². The second-order valence-corrected chi connectivity index (χ2v) is 10.2. The molecule has 1 fully saturated rings. The molecule has 3 aromatic rings. The van der Waals surface area contributed by atoms with Crippen LogP contribution in [0.5, 0.6) is 0 Å². The minimum Gasteiger partial charge on any atom is -0.325 e. The molecule has 0 atom stereocenters. The van der Waals surface area contributed by atoms with Gasteiger partial charge in [0.2, 0.25) is 5.91 Å². The summed E-state index contributed by atoms with van der Waals surface area (Å²) in [7, 11) is 0. The number of aryl methyl sites for hydroxylation is 1. The van der Waals surface area contributed by atoms with Crippen LogP contribution in [-0.2, 0) is 23.2 Å². The first-order chi connectivity index (χ1) is 16.5. The van der Waals surface area contributed by atoms with Crippen LogP contribution >= 0.6 is 11.8 Å². The second kappa shape index (κ2) is 9.26. The topological polar surface area (TPSA) is 64.0 Å². The summed E-state index contributed by atoms with van der Waals surface area (Å²) >= 11 is 1.30. The number of allylic oxidation sites excluding steroid dienone is 1. The fraction of sp³-hybridized carbons (Fsp3) is 0.321. The summed E-state index contributed by atoms with van der Waals surface area (Å²) < 4.78 is 1.70. The van der Waals surface area contributed by atoms with Crippen LogP contribution in [-0.4, -0.2) is 21.2 Å². The van der Waals surface area contributed by atoms with Gasteiger partial charge < -0.3 is 5.32 Å². The van der Waals surface area contributed by atoms with Crippen molar-refractivity contribution in [1.82, 2.24) is 9.55 Å². The van der Waals surface area contributed by atoms with Crippen LogP contribution in [0.1, 0.15) is 42.4 Å². The number of anilines is 1. The molecule has 174 valence electrons. The van der Waals surface area contributed by atoms with Crippen LogP contribution < -0.4 is 10.9 Å². The summed E-state index contributed by atoms with van der Waals surface area (Å²) in [5, 5.41) is 3.53. The number of hydrogen-bond acceptors (Lipinski definition) is 4. The number of para-hydroxylation sites is 1. The van der Waals surface area contributed by atoms with E-state index in [1.807, 2.05) is 37.3 Å². The number of aromatic nitrogens is 2. The van der Waals surface area contributed by atoms with Crippen LogP contribution in [0.15, 0.2) is 71.1 Å². The molecule has 2 aromatic carbocycles. The van der Waals surface area contributed by atoms with Gasteiger partial charge in [-0.2, -0.15) is 0 Å². The Labute approximate surface area is 204 Å². The van der Waals surface area contributed by atoms with Crippen LogP contribution in [0.2, 0.25) is 0 Å². The highest BCUT2D eigenvalue weighted by molar-refractivity contribution is 7.99. The summed E-state index contributed by atoms with van der Waals surface area (Å²) in [6.45, 7) is 6.20. The lowest BCUT2D eigenvalue weighted by atomic mass is 9.68. The molecule has 1 aromatic heterocycles. The lowest BCUT2D eigenvalue weighted by Crippen LogP contribution is -2.40. The van der Waals surface area contributed by atoms with Crippen LogP contribution in [0.3, 0.4) is 0 Å². The van der Waals surface area contributed by atoms with Gasteiger partial charge in [0.05, 0.1) is 17.0 Å². The molecule has 6 heteroatoms. The Morgan fingerprint density at radius 1 is 1.18 bits per heavy atom. The maximum atomic E-state index is 13.9. The Hall–Kier alpha value is -3.12. The molecule has 2 aliphatic rings. The minimum absolute atomic E-state index is 0.0168. The first kappa shape index (κ1) is 22.7. The first-order valence-corrected chi connectivity index (χ1v) is 12.8. The van der Waals surface area contributed by atoms with Gasteiger partial charge in [0.25, 0.3) is 5.56 Å². The molecule has 1 heterocycles. The molecule has 0 aliphatic heterocycles. The third kappa shape index (κ3) is 4.00. The Morgan fingerprint density at radius 3 is 2.68 bits per heavy atom. The largest absolute Gasteiger partial charge is 0.325 e. The zero-order chi connectivity index (χ0) is 23.7. The van der Waals surface area contributed by atoms with Crippen molar-refractivity contribution < 1.29 is 4.79 Å². The van der Waals surface area contributed by atoms with Crippen molar-refractivity contribution in [2.75, 3.05) is 11.1 Å². The van der Waals surface area contributed by atoms with E-state index < -0.39 is 0 Å². The van der Waals surface area contributed by atoms with E-state index in [1.165, 1.54) is 17.3 Å². The third-order valence-electron chi connectivity index (χ3n) is 7.09. The molecule has 1 saturated carbocycles. The monoisotopic (exact) mass is 471 g/mol. The number of carbonyl (C=O) groups excluding carboxylic acids is 1. The number of carbonyl (C=O) groups is 1. The van der Waals surface area contributed by atoms with Crippen molar-refractivity contribution in [3.63, 3.8) is 0 Å². The molecule has 1 amide bonds. The molecule has 5 rings (SSSR count). The van der Waals surface area contributed by atoms with E-state index in [9.17, 15) is 9.59 Å². The molecular weight excluding hydrogens is 442 g/mol. The minimum atomic E-state index is -0.137. The molecule has 0 bridgehead atoms. The normalized spacial score (nSPS) is 15.6. The van der Waals surface area contributed by atoms with Crippen LogP contribution in [0, 0.1) is 6.92 Å². The van der Waals surface area contributed by atoms with E-state index in [0.29, 0.717) is 11.7 Å². The Kier molecular flexibility index (Phi) is 6.17. The first-order valence-electron chi connectivity index (χ1n) is 11.9. The van der Waals surface area contributed by atoms with Gasteiger partial charge in [-0.3, -0.25) is 14.2 Å². The van der Waals surface area contributed by atoms with Gasteiger partial charge in [0.15, 0.2) is 5.16 Å². The van der Waals surface area contributed by atoms with Crippen molar-refractivity contribution in [2.24, 2.45) is 0 Å². The number of benzene rings is 2. The highest BCUT2D eigenvalue weighted by Crippen LogP contribution is 2.49. The average molecular weight is 472 g/mol. The smallest absolute Gasteiger partial charge is 0.258 e. The van der Waals surface area contributed by atoms with Crippen LogP contribution in [0.25, 0.3) is 11.3 Å². The molecule has 1 N–H and O–H groups in total. The summed E-state index contributed by atoms with van der Waals surface area (Å²) in [5.41, 5.74) is 5.66. The number of fused-ring (bicyclic) bond motifs is 4. The van der Waals surface area contributed by atoms with E-state index in [-0.39, 0.29) is 22.6 Å². The van der Waals surface area contributed by atoms with Gasteiger partial charge in [-0.1, -0.05) is 73.1 Å². The molecule has 2 aliphatic carbocycles. The quantitative estimate of drug-likeness (QED) is 0.293. The van der Waals surface area contributed by atoms with E-state index in [0.717, 1.165) is 60.2 Å². The van der Waals surface area contributed by atoms with E-state index in [1.54, 1.807) is 10.6 Å². The molecule has 0 unspecified atom stereocenters. The molecule has 0 radical (unpaired) electrons. The van der Waals surface area contributed by atoms with Gasteiger partial charge >= 0.3 is 0 Å². The third-order valence-corrected chi connectivity index (χ3v) is 8.07. The lowest BCUT2D eigenvalue weighted by molar-refractivity contribution is -0.113. The summed E-state index contributed by atoms with van der Waals surface area (Å²) in [6.07, 6.45) is 6.93. The summed E-state index contributed by atoms with van der Waals surface area (Å²) in [6, 6.07) is 16.0. The molecule has 1 spiro atoms. The highest BCUT2D eigenvalue weighted by Gasteiger charge is 2.44. The average Bonchev–Trinajstić information content (AvgIpc) is 3.29. The highest BCUT2D eigenvalue weighted by atomic mass is 32.2. The fourth-order valence-electron chi connectivity index (χ4n) is 5.47. The van der Waals surface area contributed by atoms with Gasteiger partial charge in [-0.05, 0) is 43.4 Å². The second-order valence-electron chi connectivity index (χ2n) is 9.30.